The average molecular weight is 305 g/mol. The number of nitrogen functional groups attached to an aromatic ring is 1. The lowest BCUT2D eigenvalue weighted by Gasteiger charge is -2.09. The number of amides is 1. The van der Waals surface area contributed by atoms with Gasteiger partial charge in [0.2, 0.25) is 5.91 Å². The Kier molecular flexibility index (Phi) is 4.45. The molecule has 0 aliphatic rings. The lowest BCUT2D eigenvalue weighted by Crippen LogP contribution is -2.15. The van der Waals surface area contributed by atoms with Crippen molar-refractivity contribution in [1.82, 2.24) is 0 Å². The fraction of sp³-hybridized carbons (Fsp3) is 0.0667. The van der Waals surface area contributed by atoms with Crippen LogP contribution >= 0.6 is 11.6 Å². The van der Waals surface area contributed by atoms with Crippen LogP contribution in [0.15, 0.2) is 42.5 Å². The number of benzene rings is 2. The molecule has 0 aliphatic heterocycles. The second-order valence-electron chi connectivity index (χ2n) is 4.34. The van der Waals surface area contributed by atoms with Gasteiger partial charge in [0.1, 0.15) is 6.61 Å². The van der Waals surface area contributed by atoms with Crippen molar-refractivity contribution in [3.05, 3.63) is 64.2 Å². The van der Waals surface area contributed by atoms with Crippen LogP contribution in [0.25, 0.3) is 0 Å². The monoisotopic (exact) mass is 304 g/mol. The van der Waals surface area contributed by atoms with Gasteiger partial charge in [-0.2, -0.15) is 0 Å². The Labute approximate surface area is 126 Å². The Morgan fingerprint density at radius 2 is 1.81 bits per heavy atom. The van der Waals surface area contributed by atoms with Crippen molar-refractivity contribution in [3.63, 3.8) is 0 Å². The molecule has 2 aromatic carbocycles. The van der Waals surface area contributed by atoms with E-state index in [1.54, 1.807) is 30.3 Å². The molecule has 0 saturated heterocycles. The molecule has 0 heterocycles. The molecular weight excluding hydrogens is 292 g/mol. The van der Waals surface area contributed by atoms with Crippen molar-refractivity contribution in [2.24, 2.45) is 5.73 Å². The molecule has 0 bridgehead atoms. The summed E-state index contributed by atoms with van der Waals surface area (Å²) in [6.45, 7) is -0.0708. The SMILES string of the molecule is NC(=O)c1ccccc1COC(=O)c1ccc(N)cc1Cl. The second kappa shape index (κ2) is 6.28. The van der Waals surface area contributed by atoms with E-state index in [0.29, 0.717) is 16.8 Å². The Morgan fingerprint density at radius 3 is 2.48 bits per heavy atom. The molecule has 0 radical (unpaired) electrons. The molecule has 0 fully saturated rings. The zero-order valence-corrected chi connectivity index (χ0v) is 11.8. The number of hydrogen-bond donors (Lipinski definition) is 2. The third-order valence-electron chi connectivity index (χ3n) is 2.85. The molecule has 4 N–H and O–H groups in total. The summed E-state index contributed by atoms with van der Waals surface area (Å²) in [5, 5.41) is 0.211. The number of carbonyl (C=O) groups excluding carboxylic acids is 2. The molecule has 0 aliphatic carbocycles. The first kappa shape index (κ1) is 14.9. The first-order valence-corrected chi connectivity index (χ1v) is 6.46. The summed E-state index contributed by atoms with van der Waals surface area (Å²) in [5.74, 6) is -1.17. The maximum absolute atomic E-state index is 12.0. The largest absolute Gasteiger partial charge is 0.457 e. The summed E-state index contributed by atoms with van der Waals surface area (Å²) in [7, 11) is 0. The lowest BCUT2D eigenvalue weighted by atomic mass is 10.1. The molecule has 0 spiro atoms. The summed E-state index contributed by atoms with van der Waals surface area (Å²) >= 11 is 5.93. The van der Waals surface area contributed by atoms with Crippen molar-refractivity contribution < 1.29 is 14.3 Å². The normalized spacial score (nSPS) is 10.1. The number of esters is 1. The van der Waals surface area contributed by atoms with Crippen LogP contribution < -0.4 is 11.5 Å². The Balaban J connectivity index is 2.13. The third kappa shape index (κ3) is 3.52. The smallest absolute Gasteiger partial charge is 0.339 e. The molecule has 6 heteroatoms. The zero-order valence-electron chi connectivity index (χ0n) is 11.0. The summed E-state index contributed by atoms with van der Waals surface area (Å²) < 4.78 is 5.15. The van der Waals surface area contributed by atoms with Crippen LogP contribution in [0.1, 0.15) is 26.3 Å². The Morgan fingerprint density at radius 1 is 1.10 bits per heavy atom. The number of nitrogens with two attached hydrogens (primary N) is 2. The minimum atomic E-state index is -0.598. The molecular formula is C15H13ClN2O3. The molecule has 1 amide bonds. The van der Waals surface area contributed by atoms with Crippen LogP contribution in [0.2, 0.25) is 5.02 Å². The predicted octanol–water partition coefficient (Wildman–Crippen LogP) is 2.38. The van der Waals surface area contributed by atoms with Crippen LogP contribution in [0.4, 0.5) is 5.69 Å². The summed E-state index contributed by atoms with van der Waals surface area (Å²) in [4.78, 5) is 23.2. The summed E-state index contributed by atoms with van der Waals surface area (Å²) in [6.07, 6.45) is 0. The molecule has 21 heavy (non-hydrogen) atoms. The van der Waals surface area contributed by atoms with Gasteiger partial charge >= 0.3 is 5.97 Å². The van der Waals surface area contributed by atoms with Gasteiger partial charge in [0.05, 0.1) is 10.6 Å². The van der Waals surface area contributed by atoms with E-state index in [4.69, 9.17) is 27.8 Å². The number of rotatable bonds is 4. The minimum absolute atomic E-state index is 0.0708. The fourth-order valence-corrected chi connectivity index (χ4v) is 2.07. The zero-order chi connectivity index (χ0) is 15.4. The summed E-state index contributed by atoms with van der Waals surface area (Å²) in [6, 6.07) is 11.2. The van der Waals surface area contributed by atoms with Crippen LogP contribution in [0.5, 0.6) is 0 Å². The highest BCUT2D eigenvalue weighted by Gasteiger charge is 2.14. The number of hydrogen-bond acceptors (Lipinski definition) is 4. The van der Waals surface area contributed by atoms with Gasteiger partial charge in [-0.25, -0.2) is 4.79 Å². The van der Waals surface area contributed by atoms with Gasteiger partial charge in [0, 0.05) is 16.8 Å². The van der Waals surface area contributed by atoms with Gasteiger partial charge in [0.15, 0.2) is 0 Å². The highest BCUT2D eigenvalue weighted by Crippen LogP contribution is 2.20. The van der Waals surface area contributed by atoms with Crippen LogP contribution in [0, 0.1) is 0 Å². The molecule has 5 nitrogen and oxygen atoms in total. The number of carbonyl (C=O) groups is 2. The highest BCUT2D eigenvalue weighted by molar-refractivity contribution is 6.33. The second-order valence-corrected chi connectivity index (χ2v) is 4.74. The number of ether oxygens (including phenoxy) is 1. The first-order chi connectivity index (χ1) is 9.99. The van der Waals surface area contributed by atoms with E-state index in [0.717, 1.165) is 0 Å². The molecule has 2 rings (SSSR count). The van der Waals surface area contributed by atoms with E-state index in [9.17, 15) is 9.59 Å². The van der Waals surface area contributed by atoms with Gasteiger partial charge in [-0.05, 0) is 24.3 Å². The van der Waals surface area contributed by atoms with Crippen molar-refractivity contribution >= 4 is 29.2 Å². The topological polar surface area (TPSA) is 95.4 Å². The lowest BCUT2D eigenvalue weighted by molar-refractivity contribution is 0.0470. The van der Waals surface area contributed by atoms with E-state index in [1.165, 1.54) is 12.1 Å². The molecule has 0 aromatic heterocycles. The number of halogens is 1. The maximum atomic E-state index is 12.0. The van der Waals surface area contributed by atoms with Crippen LogP contribution in [-0.2, 0) is 11.3 Å². The number of anilines is 1. The Hall–Kier alpha value is -2.53. The van der Waals surface area contributed by atoms with E-state index in [2.05, 4.69) is 0 Å². The quantitative estimate of drug-likeness (QED) is 0.669. The predicted molar refractivity (Wildman–Crippen MR) is 79.9 cm³/mol. The van der Waals surface area contributed by atoms with Crippen molar-refractivity contribution in [2.45, 2.75) is 6.61 Å². The summed E-state index contributed by atoms with van der Waals surface area (Å²) in [5.41, 5.74) is 12.3. The van der Waals surface area contributed by atoms with Crippen molar-refractivity contribution in [3.8, 4) is 0 Å². The maximum Gasteiger partial charge on any atom is 0.339 e. The Bertz CT molecular complexity index is 701. The van der Waals surface area contributed by atoms with Crippen LogP contribution in [-0.4, -0.2) is 11.9 Å². The molecule has 0 unspecified atom stereocenters. The van der Waals surface area contributed by atoms with E-state index in [1.807, 2.05) is 0 Å². The average Bonchev–Trinajstić information content (AvgIpc) is 2.45. The first-order valence-electron chi connectivity index (χ1n) is 6.09. The van der Waals surface area contributed by atoms with Gasteiger partial charge in [-0.1, -0.05) is 29.8 Å². The minimum Gasteiger partial charge on any atom is -0.457 e. The molecule has 108 valence electrons. The van der Waals surface area contributed by atoms with E-state index >= 15 is 0 Å². The number of primary amides is 1. The van der Waals surface area contributed by atoms with E-state index in [-0.39, 0.29) is 17.2 Å². The van der Waals surface area contributed by atoms with Gasteiger partial charge in [-0.3, -0.25) is 4.79 Å². The van der Waals surface area contributed by atoms with Crippen LogP contribution in [0.3, 0.4) is 0 Å². The molecule has 2 aromatic rings. The van der Waals surface area contributed by atoms with Gasteiger partial charge in [-0.15, -0.1) is 0 Å². The highest BCUT2D eigenvalue weighted by atomic mass is 35.5. The molecule has 0 saturated carbocycles. The van der Waals surface area contributed by atoms with Gasteiger partial charge < -0.3 is 16.2 Å². The van der Waals surface area contributed by atoms with E-state index < -0.39 is 11.9 Å². The molecule has 0 atom stereocenters. The fourth-order valence-electron chi connectivity index (χ4n) is 1.80. The van der Waals surface area contributed by atoms with Crippen molar-refractivity contribution in [2.75, 3.05) is 5.73 Å². The third-order valence-corrected chi connectivity index (χ3v) is 3.17. The van der Waals surface area contributed by atoms with Gasteiger partial charge in [0.25, 0.3) is 0 Å². The standard InChI is InChI=1S/C15H13ClN2O3/c16-13-7-10(17)5-6-12(13)15(20)21-8-9-3-1-2-4-11(9)14(18)19/h1-7H,8,17H2,(H2,18,19). The van der Waals surface area contributed by atoms with Crippen molar-refractivity contribution in [1.29, 1.82) is 0 Å².